The lowest BCUT2D eigenvalue weighted by molar-refractivity contribution is -0.197. The zero-order chi connectivity index (χ0) is 44.9. The van der Waals surface area contributed by atoms with Crippen LogP contribution in [-0.2, 0) is 67.1 Å². The molecule has 18 heteroatoms. The van der Waals surface area contributed by atoms with E-state index < -0.39 is 70.8 Å². The van der Waals surface area contributed by atoms with E-state index >= 15 is 0 Å². The first-order valence-corrected chi connectivity index (χ1v) is 21.3. The van der Waals surface area contributed by atoms with Crippen LogP contribution in [0.15, 0.2) is 0 Å². The molecule has 338 valence electrons. The maximum Gasteiger partial charge on any atom is 0.333 e. The maximum atomic E-state index is 12.8. The van der Waals surface area contributed by atoms with E-state index in [1.807, 2.05) is 0 Å². The van der Waals surface area contributed by atoms with Crippen molar-refractivity contribution in [1.82, 2.24) is 20.8 Å². The van der Waals surface area contributed by atoms with Crippen LogP contribution in [0.1, 0.15) is 183 Å². The molecule has 2 heterocycles. The van der Waals surface area contributed by atoms with Gasteiger partial charge in [-0.2, -0.15) is 0 Å². The predicted octanol–water partition coefficient (Wildman–Crippen LogP) is 4.88. The van der Waals surface area contributed by atoms with E-state index in [9.17, 15) is 47.9 Å². The van der Waals surface area contributed by atoms with Crippen LogP contribution in [0, 0.1) is 0 Å². The van der Waals surface area contributed by atoms with Crippen LogP contribution in [0.5, 0.6) is 0 Å². The lowest BCUT2D eigenvalue weighted by atomic mass is 10.0. The molecule has 0 aromatic heterocycles. The molecular formula is C42H66N4O14. The first-order valence-electron chi connectivity index (χ1n) is 21.3. The Kier molecular flexibility index (Phi) is 21.9. The molecule has 2 N–H and O–H groups in total. The number of rotatable bonds is 27. The van der Waals surface area contributed by atoms with Crippen LogP contribution in [-0.4, -0.2) is 92.7 Å². The smallest absolute Gasteiger partial charge is 0.333 e. The Morgan fingerprint density at radius 3 is 1.00 bits per heavy atom. The fourth-order valence-electron chi connectivity index (χ4n) is 6.25. The van der Waals surface area contributed by atoms with Crippen LogP contribution >= 0.6 is 0 Å². The van der Waals surface area contributed by atoms with Crippen molar-refractivity contribution in [3.8, 4) is 0 Å². The van der Waals surface area contributed by atoms with Crippen molar-refractivity contribution < 1.29 is 67.1 Å². The molecule has 18 nitrogen and oxygen atoms in total. The number of amides is 6. The van der Waals surface area contributed by atoms with Gasteiger partial charge in [0.15, 0.2) is 0 Å². The topological polar surface area (TPSA) is 238 Å². The van der Waals surface area contributed by atoms with Gasteiger partial charge in [0.05, 0.1) is 12.8 Å². The molecule has 2 aliphatic rings. The van der Waals surface area contributed by atoms with Crippen LogP contribution in [0.3, 0.4) is 0 Å². The molecule has 0 saturated carbocycles. The van der Waals surface area contributed by atoms with Crippen molar-refractivity contribution in [3.63, 3.8) is 0 Å². The SMILES string of the molecule is CC(C)(C)OC(=O)[C@H](CCC(=O)ON1C(=O)CCC1=O)NC(=O)CCCCCCCCCCCCCCC(=O)N[C@@H](CCC(=O)ON1C(=O)CCC1=O)C(=O)OC(C)(C)C. The summed E-state index contributed by atoms with van der Waals surface area (Å²) in [6.07, 6.45) is 10.7. The molecule has 0 bridgehead atoms. The van der Waals surface area contributed by atoms with Crippen molar-refractivity contribution in [2.75, 3.05) is 0 Å². The average molecular weight is 851 g/mol. The molecule has 0 aromatic carbocycles. The average Bonchev–Trinajstić information content (AvgIpc) is 3.63. The van der Waals surface area contributed by atoms with Crippen LogP contribution in [0.4, 0.5) is 0 Å². The maximum absolute atomic E-state index is 12.8. The Morgan fingerprint density at radius 2 is 0.733 bits per heavy atom. The molecule has 0 aliphatic carbocycles. The molecular weight excluding hydrogens is 784 g/mol. The van der Waals surface area contributed by atoms with Crippen molar-refractivity contribution in [2.45, 2.75) is 206 Å². The lowest BCUT2D eigenvalue weighted by Crippen LogP contribution is -2.44. The number of nitrogens with one attached hydrogen (secondary N) is 2. The minimum atomic E-state index is -1.10. The molecule has 60 heavy (non-hydrogen) atoms. The summed E-state index contributed by atoms with van der Waals surface area (Å²) in [5, 5.41) is 6.19. The van der Waals surface area contributed by atoms with Gasteiger partial charge >= 0.3 is 23.9 Å². The number of ether oxygens (including phenoxy) is 2. The number of hydrogen-bond donors (Lipinski definition) is 2. The Morgan fingerprint density at radius 1 is 0.467 bits per heavy atom. The summed E-state index contributed by atoms with van der Waals surface area (Å²) < 4.78 is 10.8. The Balaban J connectivity index is 1.57. The van der Waals surface area contributed by atoms with Gasteiger partial charge in [-0.15, -0.1) is 10.1 Å². The summed E-state index contributed by atoms with van der Waals surface area (Å²) in [6, 6.07) is -2.20. The zero-order valence-corrected chi connectivity index (χ0v) is 36.3. The highest BCUT2D eigenvalue weighted by molar-refractivity contribution is 6.02. The normalized spacial score (nSPS) is 15.4. The quantitative estimate of drug-likeness (QED) is 0.0637. The van der Waals surface area contributed by atoms with E-state index in [4.69, 9.17) is 19.1 Å². The van der Waals surface area contributed by atoms with Crippen LogP contribution in [0.25, 0.3) is 0 Å². The van der Waals surface area contributed by atoms with Gasteiger partial charge in [-0.1, -0.05) is 64.2 Å². The summed E-state index contributed by atoms with van der Waals surface area (Å²) >= 11 is 0. The standard InChI is InChI=1S/C42H66N4O14/c1-41(2,3)57-39(55)29(21-27-37(53)59-45-33(49)23-24-34(45)50)43-31(47)19-17-15-13-11-9-7-8-10-12-14-16-18-20-32(48)44-30(40(56)58-42(4,5)6)22-28-38(54)60-46-35(51)25-26-36(46)52/h29-30H,7-28H2,1-6H3,(H,43,47)(H,44,48)/t29-,30-/m0/s1. The number of unbranched alkanes of at least 4 members (excludes halogenated alkanes) is 11. The van der Waals surface area contributed by atoms with E-state index in [1.54, 1.807) is 41.5 Å². The second kappa shape index (κ2) is 25.7. The van der Waals surface area contributed by atoms with Gasteiger partial charge in [-0.3, -0.25) is 28.8 Å². The molecule has 2 atom stereocenters. The second-order valence-electron chi connectivity index (χ2n) is 17.2. The van der Waals surface area contributed by atoms with Crippen LogP contribution < -0.4 is 10.6 Å². The highest BCUT2D eigenvalue weighted by Crippen LogP contribution is 2.18. The summed E-state index contributed by atoms with van der Waals surface area (Å²) in [7, 11) is 0. The van der Waals surface area contributed by atoms with Gasteiger partial charge in [0.2, 0.25) is 11.8 Å². The first kappa shape index (κ1) is 51.2. The lowest BCUT2D eigenvalue weighted by Gasteiger charge is -2.24. The zero-order valence-electron chi connectivity index (χ0n) is 36.3. The Hall–Kier alpha value is -4.90. The summed E-state index contributed by atoms with van der Waals surface area (Å²) in [4.78, 5) is 132. The van der Waals surface area contributed by atoms with E-state index in [2.05, 4.69) is 10.6 Å². The minimum absolute atomic E-state index is 0.0357. The number of carbonyl (C=O) groups excluding carboxylic acids is 10. The molecule has 2 rings (SSSR count). The molecule has 2 fully saturated rings. The third-order valence-electron chi connectivity index (χ3n) is 9.28. The molecule has 0 aromatic rings. The van der Waals surface area contributed by atoms with Crippen molar-refractivity contribution in [1.29, 1.82) is 0 Å². The molecule has 2 saturated heterocycles. The van der Waals surface area contributed by atoms with Gasteiger partial charge in [-0.05, 0) is 67.2 Å². The number of carbonyl (C=O) groups is 10. The minimum Gasteiger partial charge on any atom is -0.458 e. The Labute approximate surface area is 352 Å². The first-order chi connectivity index (χ1) is 28.1. The van der Waals surface area contributed by atoms with Crippen molar-refractivity contribution in [2.24, 2.45) is 0 Å². The van der Waals surface area contributed by atoms with Gasteiger partial charge in [0.25, 0.3) is 23.6 Å². The molecule has 2 aliphatic heterocycles. The van der Waals surface area contributed by atoms with E-state index in [0.717, 1.165) is 64.2 Å². The van der Waals surface area contributed by atoms with E-state index in [1.165, 1.54) is 0 Å². The highest BCUT2D eigenvalue weighted by atomic mass is 16.7. The number of esters is 2. The molecule has 0 radical (unpaired) electrons. The monoisotopic (exact) mass is 850 g/mol. The van der Waals surface area contributed by atoms with Gasteiger partial charge < -0.3 is 29.8 Å². The molecule has 6 amide bonds. The second-order valence-corrected chi connectivity index (χ2v) is 17.2. The van der Waals surface area contributed by atoms with Gasteiger partial charge in [-0.25, -0.2) is 19.2 Å². The number of hydroxylamine groups is 4. The van der Waals surface area contributed by atoms with E-state index in [0.29, 0.717) is 23.0 Å². The largest absolute Gasteiger partial charge is 0.458 e. The number of imide groups is 2. The van der Waals surface area contributed by atoms with E-state index in [-0.39, 0.29) is 76.0 Å². The summed E-state index contributed by atoms with van der Waals surface area (Å²) in [5.41, 5.74) is -1.64. The number of hydrogen-bond acceptors (Lipinski definition) is 14. The van der Waals surface area contributed by atoms with Crippen molar-refractivity contribution in [3.05, 3.63) is 0 Å². The fraction of sp³-hybridized carbons (Fsp3) is 0.762. The fourth-order valence-corrected chi connectivity index (χ4v) is 6.25. The predicted molar refractivity (Wildman–Crippen MR) is 213 cm³/mol. The Bertz CT molecular complexity index is 1390. The third-order valence-corrected chi connectivity index (χ3v) is 9.28. The van der Waals surface area contributed by atoms with Crippen molar-refractivity contribution >= 4 is 59.3 Å². The molecule has 0 unspecified atom stereocenters. The summed E-state index contributed by atoms with van der Waals surface area (Å²) in [5.74, 6) is -6.25. The van der Waals surface area contributed by atoms with Gasteiger partial charge in [0.1, 0.15) is 23.3 Å². The summed E-state index contributed by atoms with van der Waals surface area (Å²) in [6.45, 7) is 10.1. The highest BCUT2D eigenvalue weighted by Gasteiger charge is 2.35. The van der Waals surface area contributed by atoms with Crippen LogP contribution in [0.2, 0.25) is 0 Å². The third kappa shape index (κ3) is 21.4. The number of nitrogens with zero attached hydrogens (tertiary/aromatic N) is 2. The van der Waals surface area contributed by atoms with Gasteiger partial charge in [0, 0.05) is 38.5 Å². The molecule has 0 spiro atoms.